The molecule has 3 nitrogen and oxygen atoms in total. The lowest BCUT2D eigenvalue weighted by atomic mass is 10.2. The smallest absolute Gasteiger partial charge is 0.0946 e. The van der Waals surface area contributed by atoms with Gasteiger partial charge in [0, 0.05) is 22.4 Å². The molecule has 0 N–H and O–H groups in total. The summed E-state index contributed by atoms with van der Waals surface area (Å²) in [6, 6.07) is 15.4. The lowest BCUT2D eigenvalue weighted by Crippen LogP contribution is -2.17. The predicted molar refractivity (Wildman–Crippen MR) is 113 cm³/mol. The molecule has 0 saturated heterocycles. The third kappa shape index (κ3) is 6.72. The molecule has 5 heteroatoms. The molecule has 3 rings (SSSR count). The highest BCUT2D eigenvalue weighted by Gasteiger charge is 2.05. The molecule has 2 aromatic carbocycles. The van der Waals surface area contributed by atoms with E-state index in [1.54, 1.807) is 12.5 Å². The Labute approximate surface area is 169 Å². The molecule has 1 unspecified atom stereocenters. The van der Waals surface area contributed by atoms with E-state index in [4.69, 9.17) is 27.9 Å². The Morgan fingerprint density at radius 2 is 1.56 bits per heavy atom. The summed E-state index contributed by atoms with van der Waals surface area (Å²) in [5.74, 6) is 0. The number of benzene rings is 2. The van der Waals surface area contributed by atoms with E-state index in [9.17, 15) is 0 Å². The van der Waals surface area contributed by atoms with Crippen molar-refractivity contribution < 1.29 is 4.74 Å². The summed E-state index contributed by atoms with van der Waals surface area (Å²) in [6.07, 6.45) is 13.5. The minimum Gasteiger partial charge on any atom is -0.368 e. The second-order valence-corrected chi connectivity index (χ2v) is 6.87. The van der Waals surface area contributed by atoms with E-state index < -0.39 is 0 Å². The first-order chi connectivity index (χ1) is 13.2. The van der Waals surface area contributed by atoms with Crippen LogP contribution in [0.5, 0.6) is 0 Å². The Hall–Kier alpha value is -2.33. The molecule has 3 aromatic rings. The average molecular weight is 399 g/mol. The highest BCUT2D eigenvalue weighted by molar-refractivity contribution is 6.30. The van der Waals surface area contributed by atoms with Gasteiger partial charge in [0.2, 0.25) is 0 Å². The van der Waals surface area contributed by atoms with Crippen LogP contribution < -0.4 is 0 Å². The topological polar surface area (TPSA) is 27.1 Å². The molecule has 0 amide bonds. The molecule has 0 fully saturated rings. The first kappa shape index (κ1) is 19.4. The molecule has 0 saturated carbocycles. The zero-order valence-corrected chi connectivity index (χ0v) is 16.2. The Bertz CT molecular complexity index is 870. The van der Waals surface area contributed by atoms with Gasteiger partial charge in [-0.3, -0.25) is 0 Å². The molecule has 1 aromatic heterocycles. The van der Waals surface area contributed by atoms with Crippen LogP contribution in [0.25, 0.3) is 12.2 Å². The molecule has 27 heavy (non-hydrogen) atoms. The number of nitrogens with zero attached hydrogens (tertiary/aromatic N) is 2. The number of hydrogen-bond donors (Lipinski definition) is 0. The number of halogens is 2. The minimum atomic E-state index is -0.0789. The van der Waals surface area contributed by atoms with E-state index in [1.807, 2.05) is 77.5 Å². The van der Waals surface area contributed by atoms with Crippen LogP contribution >= 0.6 is 23.2 Å². The van der Waals surface area contributed by atoms with Crippen molar-refractivity contribution in [2.45, 2.75) is 12.6 Å². The maximum absolute atomic E-state index is 6.03. The zero-order valence-electron chi connectivity index (χ0n) is 14.7. The van der Waals surface area contributed by atoms with Gasteiger partial charge in [0.15, 0.2) is 0 Å². The van der Waals surface area contributed by atoms with Crippen molar-refractivity contribution in [3.8, 4) is 0 Å². The van der Waals surface area contributed by atoms with Crippen molar-refractivity contribution in [2.24, 2.45) is 0 Å². The fraction of sp³-hybridized carbons (Fsp3) is 0.136. The highest BCUT2D eigenvalue weighted by atomic mass is 35.5. The quantitative estimate of drug-likeness (QED) is 0.464. The third-order valence-corrected chi connectivity index (χ3v) is 4.41. The Kier molecular flexibility index (Phi) is 7.28. The van der Waals surface area contributed by atoms with Crippen LogP contribution in [0.1, 0.15) is 11.1 Å². The van der Waals surface area contributed by atoms with Crippen molar-refractivity contribution in [2.75, 3.05) is 6.61 Å². The molecule has 1 heterocycles. The summed E-state index contributed by atoms with van der Waals surface area (Å²) in [6.45, 7) is 1.20. The van der Waals surface area contributed by atoms with E-state index in [2.05, 4.69) is 11.1 Å². The Balaban J connectivity index is 1.60. The summed E-state index contributed by atoms with van der Waals surface area (Å²) in [5.41, 5.74) is 2.17. The number of hydrogen-bond acceptors (Lipinski definition) is 2. The van der Waals surface area contributed by atoms with Gasteiger partial charge in [0.05, 0.1) is 25.6 Å². The lowest BCUT2D eigenvalue weighted by molar-refractivity contribution is 0.0968. The lowest BCUT2D eigenvalue weighted by Gasteiger charge is -2.14. The second-order valence-electron chi connectivity index (χ2n) is 6.00. The van der Waals surface area contributed by atoms with Crippen molar-refractivity contribution in [1.29, 1.82) is 0 Å². The van der Waals surface area contributed by atoms with Crippen molar-refractivity contribution in [3.63, 3.8) is 0 Å². The Morgan fingerprint density at radius 1 is 0.926 bits per heavy atom. The van der Waals surface area contributed by atoms with E-state index in [0.29, 0.717) is 13.2 Å². The molecule has 138 valence electrons. The summed E-state index contributed by atoms with van der Waals surface area (Å²) >= 11 is 11.8. The first-order valence-electron chi connectivity index (χ1n) is 8.62. The molecule has 0 radical (unpaired) electrons. The standard InChI is InChI=1S/C22H20Cl2N2O/c23-20-8-3-18(4-9-20)2-1-15-27-22(16-26-14-13-25-17-26)12-7-19-5-10-21(24)11-6-19/h1-14,17,22H,15-16H2/b2-1+,12-7+. The van der Waals surface area contributed by atoms with Gasteiger partial charge in [-0.1, -0.05) is 71.8 Å². The normalized spacial score (nSPS) is 12.8. The SMILES string of the molecule is Clc1ccc(/C=C/COC(/C=C/c2ccc(Cl)cc2)Cn2ccnc2)cc1. The van der Waals surface area contributed by atoms with Gasteiger partial charge < -0.3 is 9.30 Å². The first-order valence-corrected chi connectivity index (χ1v) is 9.38. The molecule has 0 aliphatic heterocycles. The van der Waals surface area contributed by atoms with Crippen LogP contribution in [0.2, 0.25) is 10.0 Å². The molecular weight excluding hydrogens is 379 g/mol. The summed E-state index contributed by atoms with van der Waals surface area (Å²) in [7, 11) is 0. The average Bonchev–Trinajstić information content (AvgIpc) is 3.19. The van der Waals surface area contributed by atoms with E-state index in [-0.39, 0.29) is 6.10 Å². The summed E-state index contributed by atoms with van der Waals surface area (Å²) in [5, 5.41) is 1.46. The van der Waals surface area contributed by atoms with Crippen molar-refractivity contribution in [1.82, 2.24) is 9.55 Å². The number of ether oxygens (including phenoxy) is 1. The molecular formula is C22H20Cl2N2O. The van der Waals surface area contributed by atoms with Crippen LogP contribution in [0.15, 0.2) is 79.4 Å². The molecule has 0 aliphatic rings. The molecule has 0 bridgehead atoms. The van der Waals surface area contributed by atoms with Gasteiger partial charge in [-0.25, -0.2) is 4.98 Å². The van der Waals surface area contributed by atoms with Crippen LogP contribution in [0.3, 0.4) is 0 Å². The fourth-order valence-corrected chi connectivity index (χ4v) is 2.75. The van der Waals surface area contributed by atoms with Gasteiger partial charge in [0.25, 0.3) is 0 Å². The number of imidazole rings is 1. The molecule has 0 spiro atoms. The highest BCUT2D eigenvalue weighted by Crippen LogP contribution is 2.13. The summed E-state index contributed by atoms with van der Waals surface area (Å²) in [4.78, 5) is 4.09. The van der Waals surface area contributed by atoms with Crippen molar-refractivity contribution >= 4 is 35.4 Å². The van der Waals surface area contributed by atoms with Crippen molar-refractivity contribution in [3.05, 3.63) is 101 Å². The van der Waals surface area contributed by atoms with Gasteiger partial charge in [-0.2, -0.15) is 0 Å². The number of aromatic nitrogens is 2. The van der Waals surface area contributed by atoms with Crippen LogP contribution in [0.4, 0.5) is 0 Å². The van der Waals surface area contributed by atoms with Gasteiger partial charge in [0.1, 0.15) is 0 Å². The largest absolute Gasteiger partial charge is 0.368 e. The minimum absolute atomic E-state index is 0.0789. The zero-order chi connectivity index (χ0) is 18.9. The van der Waals surface area contributed by atoms with Gasteiger partial charge in [-0.15, -0.1) is 0 Å². The van der Waals surface area contributed by atoms with Crippen LogP contribution in [0, 0.1) is 0 Å². The fourth-order valence-electron chi connectivity index (χ4n) is 2.50. The maximum Gasteiger partial charge on any atom is 0.0946 e. The van der Waals surface area contributed by atoms with Crippen LogP contribution in [-0.4, -0.2) is 22.3 Å². The van der Waals surface area contributed by atoms with Gasteiger partial charge >= 0.3 is 0 Å². The van der Waals surface area contributed by atoms with Gasteiger partial charge in [-0.05, 0) is 35.4 Å². The predicted octanol–water partition coefficient (Wildman–Crippen LogP) is 6.00. The van der Waals surface area contributed by atoms with E-state index in [1.165, 1.54) is 0 Å². The summed E-state index contributed by atoms with van der Waals surface area (Å²) < 4.78 is 8.03. The molecule has 0 aliphatic carbocycles. The van der Waals surface area contributed by atoms with E-state index >= 15 is 0 Å². The molecule has 1 atom stereocenters. The second kappa shape index (κ2) is 10.1. The van der Waals surface area contributed by atoms with Crippen LogP contribution in [-0.2, 0) is 11.3 Å². The maximum atomic E-state index is 6.03. The monoisotopic (exact) mass is 398 g/mol. The Morgan fingerprint density at radius 3 is 2.15 bits per heavy atom. The number of rotatable bonds is 8. The third-order valence-electron chi connectivity index (χ3n) is 3.91. The van der Waals surface area contributed by atoms with E-state index in [0.717, 1.165) is 21.2 Å².